The van der Waals surface area contributed by atoms with Gasteiger partial charge in [0.1, 0.15) is 5.69 Å². The monoisotopic (exact) mass is 328 g/mol. The van der Waals surface area contributed by atoms with E-state index in [1.54, 1.807) is 12.1 Å². The van der Waals surface area contributed by atoms with Crippen LogP contribution >= 0.6 is 11.6 Å². The summed E-state index contributed by atoms with van der Waals surface area (Å²) in [6.07, 6.45) is 0.165. The van der Waals surface area contributed by atoms with Gasteiger partial charge in [0.25, 0.3) is 0 Å². The highest BCUT2D eigenvalue weighted by Crippen LogP contribution is 2.25. The molecule has 0 aliphatic heterocycles. The second kappa shape index (κ2) is 6.05. The highest BCUT2D eigenvalue weighted by Gasteiger charge is 2.15. The van der Waals surface area contributed by atoms with Crippen LogP contribution in [0.4, 0.5) is 5.69 Å². The van der Waals surface area contributed by atoms with Gasteiger partial charge in [0.15, 0.2) is 5.58 Å². The summed E-state index contributed by atoms with van der Waals surface area (Å²) >= 11 is 5.93. The van der Waals surface area contributed by atoms with Crippen molar-refractivity contribution in [1.82, 2.24) is 5.16 Å². The molecule has 1 heterocycles. The Kier molecular flexibility index (Phi) is 4.09. The first-order valence-electron chi connectivity index (χ1n) is 7.35. The molecule has 0 aliphatic rings. The summed E-state index contributed by atoms with van der Waals surface area (Å²) in [4.78, 5) is 12.3. The summed E-state index contributed by atoms with van der Waals surface area (Å²) in [6.45, 7) is 5.89. The highest BCUT2D eigenvalue weighted by atomic mass is 35.5. The van der Waals surface area contributed by atoms with Crippen molar-refractivity contribution in [2.24, 2.45) is 0 Å². The number of halogens is 1. The number of anilines is 1. The first kappa shape index (κ1) is 15.6. The van der Waals surface area contributed by atoms with Crippen LogP contribution in [0.3, 0.4) is 0 Å². The van der Waals surface area contributed by atoms with Crippen molar-refractivity contribution >= 4 is 34.2 Å². The second-order valence-corrected chi connectivity index (χ2v) is 6.21. The average Bonchev–Trinajstić information content (AvgIpc) is 2.85. The maximum atomic E-state index is 12.3. The Labute approximate surface area is 139 Å². The van der Waals surface area contributed by atoms with E-state index in [1.807, 2.05) is 39.0 Å². The van der Waals surface area contributed by atoms with Crippen LogP contribution in [0.2, 0.25) is 5.02 Å². The smallest absolute Gasteiger partial charge is 0.230 e. The molecule has 23 heavy (non-hydrogen) atoms. The third-order valence-electron chi connectivity index (χ3n) is 3.77. The molecule has 0 unspecified atom stereocenters. The standard InChI is InChI=1S/C18H17ClN2O2/c1-10-6-12(3)18-14(7-10)16(21-23-18)9-17(22)20-15-5-4-13(19)8-11(15)2/h4-8H,9H2,1-3H3,(H,20,22). The lowest BCUT2D eigenvalue weighted by atomic mass is 10.1. The number of aromatic nitrogens is 1. The van der Waals surface area contributed by atoms with E-state index in [4.69, 9.17) is 16.1 Å². The van der Waals surface area contributed by atoms with Gasteiger partial charge in [0, 0.05) is 16.1 Å². The Bertz CT molecular complexity index is 899. The van der Waals surface area contributed by atoms with Gasteiger partial charge < -0.3 is 9.84 Å². The lowest BCUT2D eigenvalue weighted by molar-refractivity contribution is -0.115. The van der Waals surface area contributed by atoms with Gasteiger partial charge >= 0.3 is 0 Å². The van der Waals surface area contributed by atoms with Gasteiger partial charge in [-0.3, -0.25) is 4.79 Å². The molecular weight excluding hydrogens is 312 g/mol. The molecule has 5 heteroatoms. The predicted molar refractivity (Wildman–Crippen MR) is 92.0 cm³/mol. The number of aryl methyl sites for hydroxylation is 3. The normalized spacial score (nSPS) is 11.0. The Morgan fingerprint density at radius 2 is 1.96 bits per heavy atom. The number of carbonyl (C=O) groups is 1. The lowest BCUT2D eigenvalue weighted by Crippen LogP contribution is -2.15. The molecule has 118 valence electrons. The van der Waals surface area contributed by atoms with Gasteiger partial charge in [-0.25, -0.2) is 0 Å². The number of benzene rings is 2. The first-order chi connectivity index (χ1) is 10.9. The van der Waals surface area contributed by atoms with Crippen molar-refractivity contribution in [3.8, 4) is 0 Å². The molecule has 0 saturated heterocycles. The van der Waals surface area contributed by atoms with E-state index in [1.165, 1.54) is 0 Å². The molecule has 1 aromatic heterocycles. The molecule has 3 rings (SSSR count). The van der Waals surface area contributed by atoms with E-state index in [0.717, 1.165) is 33.3 Å². The Morgan fingerprint density at radius 3 is 2.70 bits per heavy atom. The molecule has 0 atom stereocenters. The predicted octanol–water partition coefficient (Wildman–Crippen LogP) is 4.59. The zero-order valence-electron chi connectivity index (χ0n) is 13.2. The van der Waals surface area contributed by atoms with Crippen molar-refractivity contribution in [1.29, 1.82) is 0 Å². The third kappa shape index (κ3) is 3.22. The molecule has 0 radical (unpaired) electrons. The van der Waals surface area contributed by atoms with E-state index in [-0.39, 0.29) is 12.3 Å². The van der Waals surface area contributed by atoms with Crippen LogP contribution in [0.5, 0.6) is 0 Å². The molecule has 0 fully saturated rings. The van der Waals surface area contributed by atoms with E-state index in [0.29, 0.717) is 10.7 Å². The number of nitrogens with one attached hydrogen (secondary N) is 1. The van der Waals surface area contributed by atoms with Crippen molar-refractivity contribution in [2.45, 2.75) is 27.2 Å². The Hall–Kier alpha value is -2.33. The van der Waals surface area contributed by atoms with E-state index < -0.39 is 0 Å². The zero-order valence-corrected chi connectivity index (χ0v) is 14.0. The largest absolute Gasteiger partial charge is 0.356 e. The van der Waals surface area contributed by atoms with Crippen LogP contribution in [-0.4, -0.2) is 11.1 Å². The highest BCUT2D eigenvalue weighted by molar-refractivity contribution is 6.30. The Balaban J connectivity index is 1.83. The summed E-state index contributed by atoms with van der Waals surface area (Å²) in [5.74, 6) is -0.134. The fourth-order valence-corrected chi connectivity index (χ4v) is 2.91. The van der Waals surface area contributed by atoms with Crippen molar-refractivity contribution in [2.75, 3.05) is 5.32 Å². The van der Waals surface area contributed by atoms with E-state index in [9.17, 15) is 4.79 Å². The molecule has 1 N–H and O–H groups in total. The molecular formula is C18H17ClN2O2. The van der Waals surface area contributed by atoms with Gasteiger partial charge in [-0.05, 0) is 61.7 Å². The molecule has 0 spiro atoms. The number of fused-ring (bicyclic) bond motifs is 1. The van der Waals surface area contributed by atoms with Crippen LogP contribution in [0, 0.1) is 20.8 Å². The van der Waals surface area contributed by atoms with Crippen LogP contribution < -0.4 is 5.32 Å². The van der Waals surface area contributed by atoms with Crippen LogP contribution in [0.25, 0.3) is 11.0 Å². The zero-order chi connectivity index (χ0) is 16.6. The van der Waals surface area contributed by atoms with Gasteiger partial charge in [-0.2, -0.15) is 0 Å². The van der Waals surface area contributed by atoms with E-state index >= 15 is 0 Å². The molecule has 0 saturated carbocycles. The number of hydrogen-bond acceptors (Lipinski definition) is 3. The topological polar surface area (TPSA) is 55.1 Å². The minimum atomic E-state index is -0.134. The van der Waals surface area contributed by atoms with Gasteiger partial charge in [-0.15, -0.1) is 0 Å². The average molecular weight is 329 g/mol. The lowest BCUT2D eigenvalue weighted by Gasteiger charge is -2.08. The molecule has 3 aromatic rings. The molecule has 4 nitrogen and oxygen atoms in total. The summed E-state index contributed by atoms with van der Waals surface area (Å²) in [7, 11) is 0. The number of hydrogen-bond donors (Lipinski definition) is 1. The summed E-state index contributed by atoms with van der Waals surface area (Å²) in [6, 6.07) is 9.39. The number of amides is 1. The van der Waals surface area contributed by atoms with E-state index in [2.05, 4.69) is 10.5 Å². The van der Waals surface area contributed by atoms with Crippen LogP contribution in [0.15, 0.2) is 34.9 Å². The summed E-state index contributed by atoms with van der Waals surface area (Å²) < 4.78 is 5.38. The molecule has 0 bridgehead atoms. The SMILES string of the molecule is Cc1cc(C)c2onc(CC(=O)Nc3ccc(Cl)cc3C)c2c1. The number of rotatable bonds is 3. The number of nitrogens with zero attached hydrogens (tertiary/aromatic N) is 1. The maximum Gasteiger partial charge on any atom is 0.230 e. The molecule has 0 aliphatic carbocycles. The quantitative estimate of drug-likeness (QED) is 0.765. The first-order valence-corrected chi connectivity index (χ1v) is 7.73. The summed E-state index contributed by atoms with van der Waals surface area (Å²) in [5, 5.41) is 8.49. The minimum absolute atomic E-state index is 0.134. The van der Waals surface area contributed by atoms with Gasteiger partial charge in [0.05, 0.1) is 6.42 Å². The van der Waals surface area contributed by atoms with Crippen molar-refractivity contribution < 1.29 is 9.32 Å². The fraction of sp³-hybridized carbons (Fsp3) is 0.222. The minimum Gasteiger partial charge on any atom is -0.356 e. The third-order valence-corrected chi connectivity index (χ3v) is 4.00. The molecule has 1 amide bonds. The second-order valence-electron chi connectivity index (χ2n) is 5.77. The van der Waals surface area contributed by atoms with Crippen molar-refractivity contribution in [3.63, 3.8) is 0 Å². The van der Waals surface area contributed by atoms with Gasteiger partial charge in [-0.1, -0.05) is 22.8 Å². The maximum absolute atomic E-state index is 12.3. The van der Waals surface area contributed by atoms with Gasteiger partial charge in [0.2, 0.25) is 5.91 Å². The van der Waals surface area contributed by atoms with Crippen molar-refractivity contribution in [3.05, 3.63) is 57.7 Å². The Morgan fingerprint density at radius 1 is 1.17 bits per heavy atom. The van der Waals surface area contributed by atoms with Crippen LogP contribution in [-0.2, 0) is 11.2 Å². The van der Waals surface area contributed by atoms with Crippen LogP contribution in [0.1, 0.15) is 22.4 Å². The molecule has 2 aromatic carbocycles. The summed E-state index contributed by atoms with van der Waals surface area (Å²) in [5.41, 5.74) is 5.19. The number of carbonyl (C=O) groups excluding carboxylic acids is 1. The fourth-order valence-electron chi connectivity index (χ4n) is 2.68.